The van der Waals surface area contributed by atoms with Gasteiger partial charge in [-0.15, -0.1) is 11.3 Å². The van der Waals surface area contributed by atoms with Crippen molar-refractivity contribution in [3.63, 3.8) is 0 Å². The van der Waals surface area contributed by atoms with Gasteiger partial charge in [0.05, 0.1) is 29.8 Å². The van der Waals surface area contributed by atoms with Gasteiger partial charge in [0.2, 0.25) is 5.28 Å². The molecule has 4 aromatic rings. The summed E-state index contributed by atoms with van der Waals surface area (Å²) >= 11 is 9.44. The Balaban J connectivity index is 1.30. The number of rotatable bonds is 9. The molecule has 0 aliphatic carbocycles. The zero-order valence-corrected chi connectivity index (χ0v) is 21.8. The second kappa shape index (κ2) is 10.6. The van der Waals surface area contributed by atoms with Gasteiger partial charge in [0, 0.05) is 11.8 Å². The van der Waals surface area contributed by atoms with E-state index in [0.717, 1.165) is 20.3 Å². The number of aliphatic hydroxyl groups excluding tert-OH is 3. The first kappa shape index (κ1) is 25.4. The summed E-state index contributed by atoms with van der Waals surface area (Å²) in [5.74, 6) is 1.98. The number of hydrogen-bond acceptors (Lipinski definition) is 12. The molecule has 1 aliphatic heterocycles. The topological polar surface area (TPSA) is 148 Å². The molecule has 5 atom stereocenters. The normalized spacial score (nSPS) is 22.9. The molecule has 0 saturated carbocycles. The molecule has 0 amide bonds. The van der Waals surface area contributed by atoms with Gasteiger partial charge in [0.25, 0.3) is 0 Å². The number of ether oxygens (including phenoxy) is 2. The average Bonchev–Trinajstić information content (AvgIpc) is 3.53. The van der Waals surface area contributed by atoms with Crippen molar-refractivity contribution < 1.29 is 24.8 Å². The predicted octanol–water partition coefficient (Wildman–Crippen LogP) is 2.69. The summed E-state index contributed by atoms with van der Waals surface area (Å²) in [7, 11) is 0. The predicted molar refractivity (Wildman–Crippen MR) is 138 cm³/mol. The van der Waals surface area contributed by atoms with Crippen molar-refractivity contribution in [2.75, 3.05) is 24.3 Å². The minimum atomic E-state index is -1.27. The number of imidazole rings is 1. The maximum atomic E-state index is 10.4. The van der Waals surface area contributed by atoms with Crippen LogP contribution in [-0.2, 0) is 4.74 Å². The van der Waals surface area contributed by atoms with Crippen LogP contribution in [-0.4, -0.2) is 83.1 Å². The molecule has 14 heteroatoms. The van der Waals surface area contributed by atoms with E-state index in [0.29, 0.717) is 29.3 Å². The van der Waals surface area contributed by atoms with Crippen molar-refractivity contribution in [2.24, 2.45) is 0 Å². The second-order valence-corrected chi connectivity index (χ2v) is 10.9. The molecular weight excluding hydrogens is 528 g/mol. The molecule has 5 rings (SSSR count). The lowest BCUT2D eigenvalue weighted by atomic mass is 10.1. The van der Waals surface area contributed by atoms with Gasteiger partial charge in [-0.3, -0.25) is 4.57 Å². The van der Waals surface area contributed by atoms with Crippen LogP contribution in [0.1, 0.15) is 20.1 Å². The van der Waals surface area contributed by atoms with Crippen molar-refractivity contribution in [1.82, 2.24) is 24.5 Å². The van der Waals surface area contributed by atoms with Crippen LogP contribution in [0.25, 0.3) is 21.4 Å². The Morgan fingerprint density at radius 1 is 1.28 bits per heavy atom. The molecule has 0 spiro atoms. The second-order valence-electron chi connectivity index (χ2n) is 8.29. The molecule has 192 valence electrons. The number of hydrogen-bond donors (Lipinski definition) is 4. The fraction of sp³-hybridized carbons (Fsp3) is 0.455. The molecule has 4 heterocycles. The van der Waals surface area contributed by atoms with Crippen LogP contribution in [0.4, 0.5) is 5.82 Å². The number of nitrogens with one attached hydrogen (secondary N) is 1. The van der Waals surface area contributed by atoms with Gasteiger partial charge in [0.15, 0.2) is 27.5 Å². The Kier molecular flexibility index (Phi) is 7.49. The fourth-order valence-electron chi connectivity index (χ4n) is 3.96. The summed E-state index contributed by atoms with van der Waals surface area (Å²) in [6, 6.07) is 5.87. The Morgan fingerprint density at radius 3 is 2.86 bits per heavy atom. The maximum Gasteiger partial charge on any atom is 0.226 e. The van der Waals surface area contributed by atoms with Crippen LogP contribution in [0.15, 0.2) is 28.9 Å². The van der Waals surface area contributed by atoms with E-state index in [2.05, 4.69) is 20.3 Å². The van der Waals surface area contributed by atoms with Gasteiger partial charge in [0.1, 0.15) is 24.1 Å². The summed E-state index contributed by atoms with van der Waals surface area (Å²) in [6.45, 7) is 4.16. The van der Waals surface area contributed by atoms with E-state index in [1.807, 2.05) is 32.0 Å². The molecule has 3 aromatic heterocycles. The van der Waals surface area contributed by atoms with Crippen LogP contribution in [0.2, 0.25) is 5.28 Å². The van der Waals surface area contributed by atoms with Gasteiger partial charge >= 0.3 is 0 Å². The van der Waals surface area contributed by atoms with Crippen molar-refractivity contribution in [3.8, 4) is 5.75 Å². The van der Waals surface area contributed by atoms with Gasteiger partial charge in [-0.05, 0) is 43.6 Å². The molecule has 36 heavy (non-hydrogen) atoms. The lowest BCUT2D eigenvalue weighted by Crippen LogP contribution is -2.33. The number of thiazole rings is 1. The molecule has 1 aromatic carbocycles. The number of thioether (sulfide) groups is 1. The van der Waals surface area contributed by atoms with E-state index < -0.39 is 31.1 Å². The van der Waals surface area contributed by atoms with Crippen molar-refractivity contribution in [2.45, 2.75) is 48.8 Å². The Labute approximate surface area is 219 Å². The third-order valence-corrected chi connectivity index (χ3v) is 8.27. The third-order valence-electron chi connectivity index (χ3n) is 5.68. The van der Waals surface area contributed by atoms with E-state index in [-0.39, 0.29) is 11.3 Å². The monoisotopic (exact) mass is 552 g/mol. The molecule has 4 N–H and O–H groups in total. The Morgan fingerprint density at radius 2 is 2.11 bits per heavy atom. The van der Waals surface area contributed by atoms with Crippen LogP contribution in [0.5, 0.6) is 5.75 Å². The van der Waals surface area contributed by atoms with Crippen LogP contribution >= 0.6 is 34.7 Å². The first-order chi connectivity index (χ1) is 17.4. The number of fused-ring (bicyclic) bond motifs is 2. The van der Waals surface area contributed by atoms with Crippen LogP contribution < -0.4 is 10.1 Å². The number of nitrogens with zero attached hydrogens (tertiary/aromatic N) is 5. The van der Waals surface area contributed by atoms with Crippen molar-refractivity contribution in [3.05, 3.63) is 29.8 Å². The largest absolute Gasteiger partial charge is 0.494 e. The molecule has 3 unspecified atom stereocenters. The Hall–Kier alpha value is -2.26. The summed E-state index contributed by atoms with van der Waals surface area (Å²) in [5, 5.41) is 33.2. The molecule has 1 saturated heterocycles. The van der Waals surface area contributed by atoms with Crippen molar-refractivity contribution in [1.29, 1.82) is 0 Å². The third kappa shape index (κ3) is 4.96. The molecule has 1 aliphatic rings. The van der Waals surface area contributed by atoms with Gasteiger partial charge in [-0.2, -0.15) is 9.97 Å². The van der Waals surface area contributed by atoms with E-state index in [9.17, 15) is 15.3 Å². The number of anilines is 1. The van der Waals surface area contributed by atoms with Crippen LogP contribution in [0, 0.1) is 0 Å². The highest BCUT2D eigenvalue weighted by molar-refractivity contribution is 8.01. The minimum Gasteiger partial charge on any atom is -0.494 e. The van der Waals surface area contributed by atoms with E-state index in [4.69, 9.17) is 26.1 Å². The number of halogens is 1. The van der Waals surface area contributed by atoms with E-state index >= 15 is 0 Å². The maximum absolute atomic E-state index is 10.4. The lowest BCUT2D eigenvalue weighted by Gasteiger charge is -2.17. The van der Waals surface area contributed by atoms with Gasteiger partial charge < -0.3 is 30.1 Å². The van der Waals surface area contributed by atoms with Gasteiger partial charge in [-0.25, -0.2) is 9.97 Å². The molecule has 0 bridgehead atoms. The fourth-order valence-corrected chi connectivity index (χ4v) is 6.20. The smallest absolute Gasteiger partial charge is 0.226 e. The van der Waals surface area contributed by atoms with Crippen LogP contribution in [0.3, 0.4) is 0 Å². The average molecular weight is 553 g/mol. The molecular formula is C22H25ClN6O5S2. The number of benzene rings is 1. The number of aromatic nitrogens is 5. The molecule has 0 radical (unpaired) electrons. The van der Waals surface area contributed by atoms with E-state index in [1.54, 1.807) is 23.1 Å². The summed E-state index contributed by atoms with van der Waals surface area (Å²) in [5.41, 5.74) is 1.71. The highest BCUT2D eigenvalue weighted by Crippen LogP contribution is 2.34. The van der Waals surface area contributed by atoms with E-state index in [1.165, 1.54) is 10.9 Å². The molecule has 1 fully saturated rings. The van der Waals surface area contributed by atoms with Gasteiger partial charge in [-0.1, -0.05) is 11.8 Å². The minimum absolute atomic E-state index is 0.00498. The summed E-state index contributed by atoms with van der Waals surface area (Å²) in [6.07, 6.45) is -2.95. The number of aliphatic hydroxyl groups is 3. The summed E-state index contributed by atoms with van der Waals surface area (Å²) in [4.78, 5) is 17.6. The first-order valence-electron chi connectivity index (χ1n) is 11.3. The summed E-state index contributed by atoms with van der Waals surface area (Å²) < 4.78 is 14.7. The Bertz CT molecular complexity index is 1370. The quantitative estimate of drug-likeness (QED) is 0.179. The zero-order chi connectivity index (χ0) is 25.4. The van der Waals surface area contributed by atoms with Crippen molar-refractivity contribution >= 4 is 61.9 Å². The molecule has 11 nitrogen and oxygen atoms in total. The SMILES string of the molecule is CCOc1ccc2nc(SCC(C)Nc3nc(Cl)nc4c3ncn4[C@@H]3O[C@H](CO)C(O)C3O)sc2c1. The lowest BCUT2D eigenvalue weighted by molar-refractivity contribution is -0.0511. The highest BCUT2D eigenvalue weighted by Gasteiger charge is 2.44. The zero-order valence-electron chi connectivity index (χ0n) is 19.4. The first-order valence-corrected chi connectivity index (χ1v) is 13.5. The standard InChI is InChI=1S/C22H25ClN6O5S2/c1-3-33-11-4-5-12-14(6-11)36-22(26-12)35-8-10(2)25-18-15-19(28-21(23)27-18)29(9-24-15)20-17(32)16(31)13(7-30)34-20/h4-6,9-10,13,16-17,20,30-32H,3,7-8H2,1-2H3,(H,25,27,28)/t10?,13-,16?,17?,20-/m1/s1. The highest BCUT2D eigenvalue weighted by atomic mass is 35.5.